The second kappa shape index (κ2) is 18.3. The number of allylic oxidation sites excluding steroid dienone is 4. The van der Waals surface area contributed by atoms with Crippen molar-refractivity contribution in [1.82, 2.24) is 4.57 Å². The number of fused-ring (bicyclic) bond motifs is 1. The smallest absolute Gasteiger partial charge is 0.228 e. The van der Waals surface area contributed by atoms with E-state index in [1.807, 2.05) is 83.4 Å². The molecule has 0 saturated carbocycles. The van der Waals surface area contributed by atoms with Gasteiger partial charge in [-0.15, -0.1) is 0 Å². The Labute approximate surface area is 207 Å². The van der Waals surface area contributed by atoms with E-state index in [9.17, 15) is 14.0 Å². The fourth-order valence-corrected chi connectivity index (χ4v) is 2.74. The quantitative estimate of drug-likeness (QED) is 0.209. The molecule has 2 rings (SSSR count). The zero-order chi connectivity index (χ0) is 27.6. The summed E-state index contributed by atoms with van der Waals surface area (Å²) >= 11 is 0. The normalized spacial score (nSPS) is 10.9. The van der Waals surface area contributed by atoms with Crippen molar-refractivity contribution < 1.29 is 32.6 Å². The summed E-state index contributed by atoms with van der Waals surface area (Å²) in [4.78, 5) is 24.1. The van der Waals surface area contributed by atoms with E-state index >= 15 is 0 Å². The molecule has 1 heterocycles. The van der Waals surface area contributed by atoms with Crippen LogP contribution in [0.3, 0.4) is 0 Å². The molecule has 0 saturated heterocycles. The number of ketones is 2. The van der Waals surface area contributed by atoms with Crippen molar-refractivity contribution in [2.24, 2.45) is 5.41 Å². The van der Waals surface area contributed by atoms with E-state index in [1.54, 1.807) is 19.4 Å². The highest BCUT2D eigenvalue weighted by atomic mass is 20.0. The van der Waals surface area contributed by atoms with Crippen LogP contribution in [0, 0.1) is 5.41 Å². The third-order valence-corrected chi connectivity index (χ3v) is 4.68. The van der Waals surface area contributed by atoms with Crippen LogP contribution in [-0.2, 0) is 16.1 Å². The van der Waals surface area contributed by atoms with E-state index < -0.39 is 12.3 Å². The highest BCUT2D eigenvalue weighted by Crippen LogP contribution is 2.27. The Morgan fingerprint density at radius 3 is 2.17 bits per heavy atom. The van der Waals surface area contributed by atoms with Crippen molar-refractivity contribution in [3.05, 3.63) is 53.9 Å². The number of Topliss-reactive ketones (excluding diaryl/α,β-unsaturated/α-hetero) is 2. The van der Waals surface area contributed by atoms with E-state index in [1.165, 1.54) is 6.92 Å². The first kappa shape index (κ1) is 34.1. The van der Waals surface area contributed by atoms with Crippen molar-refractivity contribution in [3.63, 3.8) is 0 Å². The minimum atomic E-state index is -0.739. The molecule has 198 valence electrons. The minimum absolute atomic E-state index is 0.00729. The monoisotopic (exact) mass is 499 g/mol. The van der Waals surface area contributed by atoms with E-state index in [0.717, 1.165) is 17.3 Å². The topological polar surface area (TPSA) is 57.5 Å². The van der Waals surface area contributed by atoms with Gasteiger partial charge in [0.25, 0.3) is 0 Å². The molecule has 5 nitrogen and oxygen atoms in total. The first-order valence-corrected chi connectivity index (χ1v) is 11.4. The van der Waals surface area contributed by atoms with E-state index in [0.29, 0.717) is 17.1 Å². The zero-order valence-electron chi connectivity index (χ0n) is 22.4. The number of alkyl halides is 1. The van der Waals surface area contributed by atoms with Crippen molar-refractivity contribution >= 4 is 22.5 Å². The number of aromatic nitrogens is 1. The van der Waals surface area contributed by atoms with Gasteiger partial charge in [0.15, 0.2) is 11.6 Å². The third-order valence-electron chi connectivity index (χ3n) is 4.68. The van der Waals surface area contributed by atoms with Crippen LogP contribution in [0.4, 0.5) is 13.5 Å². The number of benzene rings is 1. The summed E-state index contributed by atoms with van der Waals surface area (Å²) in [6.07, 6.45) is 7.95. The van der Waals surface area contributed by atoms with Crippen molar-refractivity contribution in [1.29, 1.82) is 0 Å². The average molecular weight is 500 g/mol. The van der Waals surface area contributed by atoms with Crippen LogP contribution in [0.5, 0.6) is 5.75 Å². The first-order chi connectivity index (χ1) is 16.6. The molecule has 0 amide bonds. The van der Waals surface area contributed by atoms with Gasteiger partial charge in [-0.25, -0.2) is 4.39 Å². The maximum Gasteiger partial charge on any atom is 0.228 e. The molecule has 8 heteroatoms. The van der Waals surface area contributed by atoms with Crippen molar-refractivity contribution in [2.75, 3.05) is 14.0 Å². The minimum Gasteiger partial charge on any atom is -0.497 e. The van der Waals surface area contributed by atoms with Gasteiger partial charge in [-0.1, -0.05) is 53.7 Å². The highest BCUT2D eigenvalue weighted by Gasteiger charge is 2.23. The van der Waals surface area contributed by atoms with Crippen LogP contribution < -0.4 is 4.74 Å². The molecule has 0 spiro atoms. The summed E-state index contributed by atoms with van der Waals surface area (Å²) < 4.78 is 39.3. The fourth-order valence-electron chi connectivity index (χ4n) is 2.74. The summed E-state index contributed by atoms with van der Waals surface area (Å²) in [6, 6.07) is 5.55. The molecule has 0 atom stereocenters. The number of hydrogen-bond donors (Lipinski definition) is 0. The molecule has 0 aliphatic rings. The molecule has 1 aromatic carbocycles. The molecular weight excluding hydrogens is 459 g/mol. The molecule has 0 aliphatic carbocycles. The maximum atomic E-state index is 12.3. The van der Waals surface area contributed by atoms with E-state index in [2.05, 4.69) is 4.74 Å². The lowest BCUT2D eigenvalue weighted by Crippen LogP contribution is -2.24. The Hall–Kier alpha value is -3.03. The van der Waals surface area contributed by atoms with Crippen LogP contribution in [0.25, 0.3) is 10.9 Å². The Bertz CT molecular complexity index is 957. The van der Waals surface area contributed by atoms with Crippen LogP contribution in [-0.4, -0.2) is 30.1 Å². The summed E-state index contributed by atoms with van der Waals surface area (Å²) in [5, 5.41) is 0.852. The number of hydrogen-bond acceptors (Lipinski definition) is 4. The number of halogens is 3. The standard InChI is InChI=1S/C17H21NO3.C8H13FO.C2H6.F2/c1-11(19)14-9-18(10-16(20)17(2,3)4)15-8-12(21-5)6-7-13(14)15;1-3-5-6-8(4-2)10-7-9;2*1-2/h6-9H,10H2,1-5H3;3,5-6H,4,7H2,1-2H3;1-2H3;/b;5-3-,8-6+;;. The van der Waals surface area contributed by atoms with Gasteiger partial charge >= 0.3 is 0 Å². The van der Waals surface area contributed by atoms with Crippen molar-refractivity contribution in [2.45, 2.75) is 68.4 Å². The number of carbonyl (C=O) groups excluding carboxylic acids is 2. The molecule has 0 aliphatic heterocycles. The Balaban J connectivity index is 0. The molecule has 2 aromatic rings. The fraction of sp³-hybridized carbons (Fsp3) is 0.481. The van der Waals surface area contributed by atoms with Gasteiger partial charge in [-0.3, -0.25) is 9.59 Å². The molecule has 1 aromatic heterocycles. The summed E-state index contributed by atoms with van der Waals surface area (Å²) in [5.41, 5.74) is 1.07. The number of carbonyl (C=O) groups is 2. The van der Waals surface area contributed by atoms with Gasteiger partial charge in [0.2, 0.25) is 6.86 Å². The summed E-state index contributed by atoms with van der Waals surface area (Å²) in [5.74, 6) is 1.50. The van der Waals surface area contributed by atoms with Gasteiger partial charge in [-0.2, -0.15) is 0 Å². The lowest BCUT2D eigenvalue weighted by atomic mass is 9.91. The zero-order valence-corrected chi connectivity index (χ0v) is 22.4. The van der Waals surface area contributed by atoms with Crippen LogP contribution in [0.15, 0.2) is 48.4 Å². The van der Waals surface area contributed by atoms with Crippen molar-refractivity contribution in [3.8, 4) is 5.75 Å². The number of ether oxygens (including phenoxy) is 2. The lowest BCUT2D eigenvalue weighted by Gasteiger charge is -2.17. The largest absolute Gasteiger partial charge is 0.497 e. The SMILES string of the molecule is C/C=C\C=C(/CC)OCF.CC.COc1ccc2c(C(C)=O)cn(CC(=O)C(C)(C)C)c2c1.FF. The van der Waals surface area contributed by atoms with Gasteiger partial charge in [0.1, 0.15) is 5.75 Å². The third kappa shape index (κ3) is 11.8. The first-order valence-electron chi connectivity index (χ1n) is 11.4. The average Bonchev–Trinajstić information content (AvgIpc) is 3.22. The molecule has 0 unspecified atom stereocenters. The summed E-state index contributed by atoms with van der Waals surface area (Å²) in [7, 11) is 1.60. The van der Waals surface area contributed by atoms with Crippen LogP contribution in [0.2, 0.25) is 0 Å². The van der Waals surface area contributed by atoms with Crippen LogP contribution in [0.1, 0.15) is 72.2 Å². The summed E-state index contributed by atoms with van der Waals surface area (Å²) in [6.45, 7) is 14.6. The Kier molecular flexibility index (Phi) is 17.9. The van der Waals surface area contributed by atoms with Crippen LogP contribution >= 0.6 is 0 Å². The van der Waals surface area contributed by atoms with Gasteiger partial charge < -0.3 is 14.0 Å². The second-order valence-electron chi connectivity index (χ2n) is 8.05. The molecule has 0 bridgehead atoms. The van der Waals surface area contributed by atoms with Gasteiger partial charge in [0.05, 0.1) is 24.9 Å². The lowest BCUT2D eigenvalue weighted by molar-refractivity contribution is -0.126. The van der Waals surface area contributed by atoms with E-state index in [-0.39, 0.29) is 18.1 Å². The number of rotatable bonds is 8. The second-order valence-corrected chi connectivity index (χ2v) is 8.05. The Morgan fingerprint density at radius 2 is 1.74 bits per heavy atom. The molecular formula is C27H40F3NO4. The number of nitrogens with zero attached hydrogens (tertiary/aromatic N) is 1. The molecule has 0 fully saturated rings. The molecule has 0 N–H and O–H groups in total. The number of methoxy groups -OCH3 is 1. The van der Waals surface area contributed by atoms with E-state index in [4.69, 9.17) is 13.9 Å². The predicted octanol–water partition coefficient (Wildman–Crippen LogP) is 8.13. The Morgan fingerprint density at radius 1 is 1.14 bits per heavy atom. The van der Waals surface area contributed by atoms with Gasteiger partial charge in [0, 0.05) is 44.2 Å². The maximum absolute atomic E-state index is 12.3. The molecule has 0 radical (unpaired) electrons. The highest BCUT2D eigenvalue weighted by molar-refractivity contribution is 6.07. The van der Waals surface area contributed by atoms with Gasteiger partial charge in [-0.05, 0) is 32.1 Å². The predicted molar refractivity (Wildman–Crippen MR) is 137 cm³/mol. The molecule has 35 heavy (non-hydrogen) atoms.